The third-order valence-electron chi connectivity index (χ3n) is 3.56. The Morgan fingerprint density at radius 2 is 1.84 bits per heavy atom. The van der Waals surface area contributed by atoms with Crippen LogP contribution in [0.25, 0.3) is 10.1 Å². The summed E-state index contributed by atoms with van der Waals surface area (Å²) in [7, 11) is 3.00. The second kappa shape index (κ2) is 8.01. The standard InChI is InChI=1S/C19H17NO4Se/c1-22-15-9-7-13(8-10-15)18-20-14(12-25-18)11-24-17-6-4-3-5-16(17)19(21)23-2/h3-10,12H,11H2,1-2H3. The van der Waals surface area contributed by atoms with Crippen LogP contribution in [0.5, 0.6) is 11.5 Å². The molecule has 0 radical (unpaired) electrons. The van der Waals surface area contributed by atoms with Crippen molar-refractivity contribution in [1.82, 2.24) is 4.98 Å². The van der Waals surface area contributed by atoms with E-state index in [1.807, 2.05) is 30.3 Å². The molecule has 1 heterocycles. The molecular formula is C19H17NO4Se. The summed E-state index contributed by atoms with van der Waals surface area (Å²) in [6, 6.07) is 14.9. The van der Waals surface area contributed by atoms with Crippen molar-refractivity contribution >= 4 is 20.5 Å². The van der Waals surface area contributed by atoms with Gasteiger partial charge in [0.25, 0.3) is 0 Å². The second-order valence-corrected chi connectivity index (χ2v) is 6.95. The summed E-state index contributed by atoms with van der Waals surface area (Å²) in [4.78, 5) is 18.5. The van der Waals surface area contributed by atoms with Crippen molar-refractivity contribution in [3.63, 3.8) is 0 Å². The van der Waals surface area contributed by atoms with E-state index < -0.39 is 5.97 Å². The fraction of sp³-hybridized carbons (Fsp3) is 0.158. The molecule has 5 nitrogen and oxygen atoms in total. The molecule has 0 aliphatic carbocycles. The van der Waals surface area contributed by atoms with Crippen molar-refractivity contribution in [3.8, 4) is 21.6 Å². The number of hydrogen-bond donors (Lipinski definition) is 0. The summed E-state index contributed by atoms with van der Waals surface area (Å²) in [6.07, 6.45) is 0. The van der Waals surface area contributed by atoms with Crippen molar-refractivity contribution in [3.05, 3.63) is 64.7 Å². The Labute approximate surface area is 151 Å². The minimum absolute atomic E-state index is 0.162. The van der Waals surface area contributed by atoms with Gasteiger partial charge in [-0.3, -0.25) is 0 Å². The second-order valence-electron chi connectivity index (χ2n) is 5.15. The fourth-order valence-corrected chi connectivity index (χ4v) is 3.96. The summed E-state index contributed by atoms with van der Waals surface area (Å²) >= 11 is 0.162. The van der Waals surface area contributed by atoms with Crippen LogP contribution in [-0.4, -0.2) is 39.7 Å². The van der Waals surface area contributed by atoms with E-state index >= 15 is 0 Å². The van der Waals surface area contributed by atoms with E-state index in [-0.39, 0.29) is 14.5 Å². The number of esters is 1. The van der Waals surface area contributed by atoms with Gasteiger partial charge < -0.3 is 0 Å². The van der Waals surface area contributed by atoms with Crippen LogP contribution < -0.4 is 9.47 Å². The first-order valence-electron chi connectivity index (χ1n) is 7.60. The molecule has 0 fully saturated rings. The zero-order valence-corrected chi connectivity index (χ0v) is 15.6. The van der Waals surface area contributed by atoms with E-state index in [0.29, 0.717) is 17.9 Å². The molecule has 0 aliphatic heterocycles. The quantitative estimate of drug-likeness (QED) is 0.468. The molecule has 2 aromatic carbocycles. The van der Waals surface area contributed by atoms with Gasteiger partial charge in [-0.25, -0.2) is 0 Å². The van der Waals surface area contributed by atoms with E-state index in [0.717, 1.165) is 21.6 Å². The Morgan fingerprint density at radius 3 is 2.56 bits per heavy atom. The van der Waals surface area contributed by atoms with Crippen LogP contribution in [0.1, 0.15) is 16.1 Å². The third kappa shape index (κ3) is 4.10. The molecule has 3 aromatic rings. The molecule has 0 aliphatic rings. The number of nitrogens with zero attached hydrogens (tertiary/aromatic N) is 1. The van der Waals surface area contributed by atoms with E-state index in [4.69, 9.17) is 14.2 Å². The first-order chi connectivity index (χ1) is 12.2. The van der Waals surface area contributed by atoms with Crippen molar-refractivity contribution in [2.24, 2.45) is 0 Å². The molecule has 0 saturated carbocycles. The third-order valence-corrected chi connectivity index (χ3v) is 5.53. The van der Waals surface area contributed by atoms with Gasteiger partial charge in [-0.1, -0.05) is 0 Å². The number of methoxy groups -OCH3 is 2. The number of aromatic nitrogens is 1. The summed E-state index contributed by atoms with van der Waals surface area (Å²) in [5.74, 6) is 0.907. The van der Waals surface area contributed by atoms with E-state index in [1.54, 1.807) is 25.3 Å². The Kier molecular flexibility index (Phi) is 5.53. The normalized spacial score (nSPS) is 10.3. The maximum absolute atomic E-state index is 11.8. The molecule has 0 saturated heterocycles. The maximum atomic E-state index is 11.8. The number of rotatable bonds is 6. The Morgan fingerprint density at radius 1 is 1.08 bits per heavy atom. The van der Waals surface area contributed by atoms with Gasteiger partial charge >= 0.3 is 152 Å². The van der Waals surface area contributed by atoms with Crippen LogP contribution >= 0.6 is 0 Å². The van der Waals surface area contributed by atoms with Crippen LogP contribution in [0.15, 0.2) is 53.5 Å². The van der Waals surface area contributed by atoms with Crippen molar-refractivity contribution in [1.29, 1.82) is 0 Å². The number of para-hydroxylation sites is 1. The number of hydrogen-bond acceptors (Lipinski definition) is 5. The molecule has 128 valence electrons. The first kappa shape index (κ1) is 17.3. The average molecular weight is 402 g/mol. The number of benzene rings is 2. The Hall–Kier alpha value is -2.56. The van der Waals surface area contributed by atoms with Crippen LogP contribution in [0.4, 0.5) is 0 Å². The van der Waals surface area contributed by atoms with Gasteiger partial charge in [0, 0.05) is 0 Å². The van der Waals surface area contributed by atoms with E-state index in [9.17, 15) is 4.79 Å². The van der Waals surface area contributed by atoms with Crippen LogP contribution in [0.3, 0.4) is 0 Å². The first-order valence-corrected chi connectivity index (χ1v) is 9.45. The van der Waals surface area contributed by atoms with Crippen molar-refractivity contribution < 1.29 is 19.0 Å². The van der Waals surface area contributed by atoms with Crippen LogP contribution in [-0.2, 0) is 11.3 Å². The summed E-state index contributed by atoms with van der Waals surface area (Å²) in [6.45, 7) is 0.315. The van der Waals surface area contributed by atoms with Gasteiger partial charge in [0.05, 0.1) is 0 Å². The van der Waals surface area contributed by atoms with Crippen molar-refractivity contribution in [2.45, 2.75) is 6.61 Å². The number of carbonyl (C=O) groups is 1. The van der Waals surface area contributed by atoms with Gasteiger partial charge in [0.1, 0.15) is 0 Å². The zero-order chi connectivity index (χ0) is 17.6. The van der Waals surface area contributed by atoms with Crippen LogP contribution in [0.2, 0.25) is 0 Å². The predicted octanol–water partition coefficient (Wildman–Crippen LogP) is 3.18. The van der Waals surface area contributed by atoms with Gasteiger partial charge in [0.2, 0.25) is 0 Å². The summed E-state index contributed by atoms with van der Waals surface area (Å²) < 4.78 is 16.8. The molecule has 25 heavy (non-hydrogen) atoms. The topological polar surface area (TPSA) is 57.7 Å². The molecular weight excluding hydrogens is 385 g/mol. The summed E-state index contributed by atoms with van der Waals surface area (Å²) in [5.41, 5.74) is 2.36. The SMILES string of the molecule is COC(=O)c1ccccc1OCc1c[se]c(-c2ccc(OC)cc2)n1. The van der Waals surface area contributed by atoms with Gasteiger partial charge in [-0.15, -0.1) is 0 Å². The summed E-state index contributed by atoms with van der Waals surface area (Å²) in [5, 5.41) is 0. The monoisotopic (exact) mass is 403 g/mol. The molecule has 0 bridgehead atoms. The van der Waals surface area contributed by atoms with E-state index in [2.05, 4.69) is 9.92 Å². The van der Waals surface area contributed by atoms with Gasteiger partial charge in [0.15, 0.2) is 0 Å². The number of ether oxygens (including phenoxy) is 3. The fourth-order valence-electron chi connectivity index (χ4n) is 2.26. The van der Waals surface area contributed by atoms with E-state index in [1.165, 1.54) is 7.11 Å². The molecule has 6 heteroatoms. The molecule has 0 atom stereocenters. The molecule has 0 unspecified atom stereocenters. The number of carbonyl (C=O) groups excluding carboxylic acids is 1. The molecule has 0 spiro atoms. The predicted molar refractivity (Wildman–Crippen MR) is 95.3 cm³/mol. The van der Waals surface area contributed by atoms with Crippen molar-refractivity contribution in [2.75, 3.05) is 14.2 Å². The molecule has 1 aromatic heterocycles. The Bertz CT molecular complexity index is 858. The zero-order valence-electron chi connectivity index (χ0n) is 13.9. The van der Waals surface area contributed by atoms with Gasteiger partial charge in [-0.2, -0.15) is 0 Å². The molecule has 0 N–H and O–H groups in total. The van der Waals surface area contributed by atoms with Gasteiger partial charge in [-0.05, 0) is 0 Å². The minimum atomic E-state index is -0.414. The van der Waals surface area contributed by atoms with Crippen LogP contribution in [0, 0.1) is 0 Å². The Balaban J connectivity index is 1.71. The average Bonchev–Trinajstić information content (AvgIpc) is 3.15. The molecule has 0 amide bonds. The molecule has 3 rings (SSSR count).